The molecule has 0 saturated carbocycles. The predicted molar refractivity (Wildman–Crippen MR) is 134 cm³/mol. The standard InChI is InChI=1S/C16H36P.C10H13NO2/c1-5-9-13-17(14-10-6-2,15-11-7-3)16-12-8-4;1-8(10(12)13)11-7-9-5-3-2-4-6-9/h5-16H2,1-4H3;2-6,8,11H,7H2,1H3,(H,12,13)/q+1;/p-1. The molecule has 0 saturated heterocycles. The smallest absolute Gasteiger partial charge is 0.0594 e. The quantitative estimate of drug-likeness (QED) is 0.317. The van der Waals surface area contributed by atoms with Crippen LogP contribution in [0.4, 0.5) is 0 Å². The Hall–Kier alpha value is -0.920. The highest BCUT2D eigenvalue weighted by atomic mass is 31.2. The van der Waals surface area contributed by atoms with E-state index in [0.717, 1.165) is 5.56 Å². The fourth-order valence-corrected chi connectivity index (χ4v) is 8.88. The lowest BCUT2D eigenvalue weighted by molar-refractivity contribution is -0.308. The largest absolute Gasteiger partial charge is 0.548 e. The van der Waals surface area contributed by atoms with E-state index in [4.69, 9.17) is 0 Å². The van der Waals surface area contributed by atoms with Crippen molar-refractivity contribution >= 4 is 13.2 Å². The van der Waals surface area contributed by atoms with E-state index in [-0.39, 0.29) is 0 Å². The number of benzene rings is 1. The van der Waals surface area contributed by atoms with Gasteiger partial charge in [-0.2, -0.15) is 0 Å². The second-order valence-electron chi connectivity index (χ2n) is 8.56. The number of carbonyl (C=O) groups excluding carboxylic acids is 1. The van der Waals surface area contributed by atoms with Gasteiger partial charge in [-0.1, -0.05) is 83.7 Å². The van der Waals surface area contributed by atoms with Gasteiger partial charge in [-0.3, -0.25) is 0 Å². The SMILES string of the molecule is CC(NCc1ccccc1)C(=O)[O-].CCCC[P+](CCCC)(CCCC)CCCC. The summed E-state index contributed by atoms with van der Waals surface area (Å²) >= 11 is 0. The first kappa shape index (κ1) is 29.1. The molecule has 0 aliphatic rings. The van der Waals surface area contributed by atoms with Crippen LogP contribution in [0.5, 0.6) is 0 Å². The van der Waals surface area contributed by atoms with Gasteiger partial charge in [0.15, 0.2) is 0 Å². The van der Waals surface area contributed by atoms with Crippen LogP contribution in [-0.2, 0) is 11.3 Å². The summed E-state index contributed by atoms with van der Waals surface area (Å²) in [5.41, 5.74) is 1.07. The Bertz CT molecular complexity index is 484. The Kier molecular flexibility index (Phi) is 18.2. The molecule has 0 heterocycles. The molecule has 0 fully saturated rings. The predicted octanol–water partition coefficient (Wildman–Crippen LogP) is 6.12. The Morgan fingerprint density at radius 2 is 1.23 bits per heavy atom. The van der Waals surface area contributed by atoms with Crippen molar-refractivity contribution in [3.8, 4) is 0 Å². The molecule has 174 valence electrons. The summed E-state index contributed by atoms with van der Waals surface area (Å²) in [7, 11) is -0.562. The van der Waals surface area contributed by atoms with Crippen molar-refractivity contribution in [3.63, 3.8) is 0 Å². The van der Waals surface area contributed by atoms with E-state index >= 15 is 0 Å². The molecule has 4 heteroatoms. The second-order valence-corrected chi connectivity index (χ2v) is 13.0. The zero-order valence-corrected chi connectivity index (χ0v) is 21.3. The number of unbranched alkanes of at least 4 members (excludes halogenated alkanes) is 4. The van der Waals surface area contributed by atoms with E-state index in [0.29, 0.717) is 6.54 Å². The molecule has 1 atom stereocenters. The van der Waals surface area contributed by atoms with Crippen molar-refractivity contribution < 1.29 is 9.90 Å². The first-order valence-electron chi connectivity index (χ1n) is 12.3. The first-order valence-corrected chi connectivity index (χ1v) is 14.8. The third-order valence-corrected chi connectivity index (χ3v) is 10.8. The highest BCUT2D eigenvalue weighted by Gasteiger charge is 2.34. The normalized spacial score (nSPS) is 12.2. The van der Waals surface area contributed by atoms with Gasteiger partial charge in [-0.05, 0) is 38.2 Å². The number of rotatable bonds is 16. The number of aliphatic carboxylic acids is 1. The first-order chi connectivity index (χ1) is 14.4. The fourth-order valence-electron chi connectivity index (χ4n) is 3.60. The molecule has 3 nitrogen and oxygen atoms in total. The average molecular weight is 438 g/mol. The lowest BCUT2D eigenvalue weighted by Crippen LogP contribution is -2.42. The molecule has 0 aliphatic carbocycles. The van der Waals surface area contributed by atoms with Gasteiger partial charge in [-0.15, -0.1) is 0 Å². The molecule has 1 rings (SSSR count). The highest BCUT2D eigenvalue weighted by molar-refractivity contribution is 7.75. The van der Waals surface area contributed by atoms with Gasteiger partial charge in [0, 0.05) is 19.8 Å². The Morgan fingerprint density at radius 3 is 1.57 bits per heavy atom. The van der Waals surface area contributed by atoms with Crippen LogP contribution in [0.15, 0.2) is 30.3 Å². The molecule has 1 aromatic rings. The van der Waals surface area contributed by atoms with Gasteiger partial charge in [0.1, 0.15) is 0 Å². The third kappa shape index (κ3) is 14.1. The maximum absolute atomic E-state index is 10.3. The van der Waals surface area contributed by atoms with Crippen LogP contribution < -0.4 is 10.4 Å². The number of hydrogen-bond donors (Lipinski definition) is 1. The van der Waals surface area contributed by atoms with Gasteiger partial charge >= 0.3 is 0 Å². The van der Waals surface area contributed by atoms with Crippen LogP contribution >= 0.6 is 7.26 Å². The topological polar surface area (TPSA) is 52.2 Å². The highest BCUT2D eigenvalue weighted by Crippen LogP contribution is 2.61. The summed E-state index contributed by atoms with van der Waals surface area (Å²) in [6, 6.07) is 9.03. The molecule has 1 aromatic carbocycles. The zero-order chi connectivity index (χ0) is 22.7. The van der Waals surface area contributed by atoms with E-state index in [1.165, 1.54) is 51.4 Å². The van der Waals surface area contributed by atoms with Crippen molar-refractivity contribution in [2.75, 3.05) is 24.6 Å². The van der Waals surface area contributed by atoms with Crippen LogP contribution in [0.25, 0.3) is 0 Å². The van der Waals surface area contributed by atoms with E-state index in [9.17, 15) is 9.90 Å². The molecular weight excluding hydrogens is 389 g/mol. The van der Waals surface area contributed by atoms with Crippen LogP contribution in [0.2, 0.25) is 0 Å². The molecule has 0 aromatic heterocycles. The van der Waals surface area contributed by atoms with Crippen molar-refractivity contribution in [1.29, 1.82) is 0 Å². The van der Waals surface area contributed by atoms with Gasteiger partial charge in [-0.25, -0.2) is 0 Å². The molecule has 0 amide bonds. The van der Waals surface area contributed by atoms with Gasteiger partial charge in [0.25, 0.3) is 0 Å². The average Bonchev–Trinajstić information content (AvgIpc) is 2.77. The van der Waals surface area contributed by atoms with Gasteiger partial charge < -0.3 is 15.2 Å². The van der Waals surface area contributed by atoms with E-state index in [1.54, 1.807) is 31.6 Å². The summed E-state index contributed by atoms with van der Waals surface area (Å²) in [5.74, 6) is -1.07. The molecule has 0 spiro atoms. The Labute approximate surface area is 187 Å². The van der Waals surface area contributed by atoms with E-state index in [1.807, 2.05) is 30.3 Å². The third-order valence-electron chi connectivity index (χ3n) is 5.75. The van der Waals surface area contributed by atoms with Gasteiger partial charge in [0.05, 0.1) is 30.6 Å². The summed E-state index contributed by atoms with van der Waals surface area (Å²) in [5, 5.41) is 13.2. The number of nitrogens with one attached hydrogen (secondary N) is 1. The van der Waals surface area contributed by atoms with Crippen molar-refractivity contribution in [2.24, 2.45) is 0 Å². The molecule has 0 radical (unpaired) electrons. The summed E-state index contributed by atoms with van der Waals surface area (Å²) in [6.45, 7) is 11.5. The van der Waals surface area contributed by atoms with Crippen LogP contribution in [0.1, 0.15) is 91.5 Å². The summed E-state index contributed by atoms with van der Waals surface area (Å²) < 4.78 is 0. The zero-order valence-electron chi connectivity index (χ0n) is 20.4. The second kappa shape index (κ2) is 18.8. The van der Waals surface area contributed by atoms with Crippen molar-refractivity contribution in [3.05, 3.63) is 35.9 Å². The molecular formula is C26H48NO2P. The summed E-state index contributed by atoms with van der Waals surface area (Å²) in [4.78, 5) is 10.3. The molecule has 0 bridgehead atoms. The number of carboxylic acid groups (broad SMARTS) is 1. The maximum atomic E-state index is 10.3. The monoisotopic (exact) mass is 437 g/mol. The molecule has 1 N–H and O–H groups in total. The Morgan fingerprint density at radius 1 is 0.833 bits per heavy atom. The van der Waals surface area contributed by atoms with Crippen LogP contribution in [0.3, 0.4) is 0 Å². The minimum Gasteiger partial charge on any atom is -0.548 e. The Balaban J connectivity index is 0.000000579. The number of hydrogen-bond acceptors (Lipinski definition) is 3. The summed E-state index contributed by atoms with van der Waals surface area (Å²) in [6.07, 6.45) is 17.9. The minimum atomic E-state index is -1.07. The van der Waals surface area contributed by atoms with Crippen molar-refractivity contribution in [1.82, 2.24) is 5.32 Å². The fraction of sp³-hybridized carbons (Fsp3) is 0.731. The number of carboxylic acids is 1. The van der Waals surface area contributed by atoms with Crippen molar-refractivity contribution in [2.45, 2.75) is 98.6 Å². The lowest BCUT2D eigenvalue weighted by atomic mass is 10.2. The van der Waals surface area contributed by atoms with Crippen LogP contribution in [-0.4, -0.2) is 36.7 Å². The molecule has 0 aliphatic heterocycles. The van der Waals surface area contributed by atoms with Crippen LogP contribution in [0, 0.1) is 0 Å². The maximum Gasteiger partial charge on any atom is 0.0594 e. The molecule has 1 unspecified atom stereocenters. The molecule has 30 heavy (non-hydrogen) atoms. The minimum absolute atomic E-state index is 0.552. The number of carbonyl (C=O) groups is 1. The van der Waals surface area contributed by atoms with Gasteiger partial charge in [0.2, 0.25) is 0 Å². The van der Waals surface area contributed by atoms with E-state index in [2.05, 4.69) is 33.0 Å². The van der Waals surface area contributed by atoms with E-state index < -0.39 is 19.3 Å². The lowest BCUT2D eigenvalue weighted by Gasteiger charge is -2.28.